The van der Waals surface area contributed by atoms with Gasteiger partial charge in [-0.2, -0.15) is 8.42 Å². The third-order valence-corrected chi connectivity index (χ3v) is 4.44. The maximum Gasteiger partial charge on any atom is 0.323 e. The molecule has 0 aliphatic heterocycles. The summed E-state index contributed by atoms with van der Waals surface area (Å²) in [5.74, 6) is -0.370. The van der Waals surface area contributed by atoms with E-state index >= 15 is 0 Å². The second kappa shape index (κ2) is 4.94. The summed E-state index contributed by atoms with van der Waals surface area (Å²) in [5, 5.41) is 0. The summed E-state index contributed by atoms with van der Waals surface area (Å²) in [7, 11) is -4.27. The highest BCUT2D eigenvalue weighted by atomic mass is 32.2. The molecule has 2 fully saturated rings. The van der Waals surface area contributed by atoms with E-state index in [9.17, 15) is 13.2 Å². The van der Waals surface area contributed by atoms with E-state index in [4.69, 9.17) is 9.29 Å². The van der Waals surface area contributed by atoms with Gasteiger partial charge in [-0.25, -0.2) is 0 Å². The topological polar surface area (TPSA) is 80.7 Å². The Hall–Kier alpha value is -0.620. The van der Waals surface area contributed by atoms with E-state index in [0.717, 1.165) is 25.2 Å². The van der Waals surface area contributed by atoms with Crippen LogP contribution in [0.4, 0.5) is 0 Å². The van der Waals surface area contributed by atoms with Gasteiger partial charge in [0.1, 0.15) is 6.10 Å². The molecule has 0 radical (unpaired) electrons. The van der Waals surface area contributed by atoms with Crippen LogP contribution in [0.15, 0.2) is 0 Å². The zero-order valence-corrected chi connectivity index (χ0v) is 10.5. The molecule has 3 unspecified atom stereocenters. The third-order valence-electron chi connectivity index (χ3n) is 3.84. The van der Waals surface area contributed by atoms with Crippen molar-refractivity contribution in [1.29, 1.82) is 0 Å². The number of carbonyl (C=O) groups excluding carboxylic acids is 1. The minimum atomic E-state index is -4.27. The van der Waals surface area contributed by atoms with Crippen molar-refractivity contribution in [3.63, 3.8) is 0 Å². The Morgan fingerprint density at radius 1 is 1.18 bits per heavy atom. The van der Waals surface area contributed by atoms with Crippen LogP contribution in [0.5, 0.6) is 0 Å². The van der Waals surface area contributed by atoms with E-state index in [1.807, 2.05) is 0 Å². The molecule has 3 atom stereocenters. The fourth-order valence-electron chi connectivity index (χ4n) is 3.14. The first-order valence-electron chi connectivity index (χ1n) is 6.08. The van der Waals surface area contributed by atoms with E-state index in [0.29, 0.717) is 5.92 Å². The summed E-state index contributed by atoms with van der Waals surface area (Å²) >= 11 is 0. The van der Waals surface area contributed by atoms with Crippen molar-refractivity contribution in [2.24, 2.45) is 11.8 Å². The van der Waals surface area contributed by atoms with Gasteiger partial charge in [-0.15, -0.1) is 0 Å². The van der Waals surface area contributed by atoms with Crippen LogP contribution < -0.4 is 0 Å². The van der Waals surface area contributed by atoms with Crippen molar-refractivity contribution >= 4 is 16.1 Å². The Morgan fingerprint density at radius 2 is 1.88 bits per heavy atom. The molecule has 0 spiro atoms. The highest BCUT2D eigenvalue weighted by molar-refractivity contribution is 7.86. The molecular weight excluding hydrogens is 244 g/mol. The summed E-state index contributed by atoms with van der Waals surface area (Å²) in [4.78, 5) is 11.3. The number of fused-ring (bicyclic) bond motifs is 1. The molecule has 0 heterocycles. The van der Waals surface area contributed by atoms with Gasteiger partial charge in [0.25, 0.3) is 10.1 Å². The first-order valence-corrected chi connectivity index (χ1v) is 7.69. The normalized spacial score (nSPS) is 33.1. The fourth-order valence-corrected chi connectivity index (χ4v) is 3.50. The number of esters is 1. The molecule has 2 aliphatic carbocycles. The molecule has 2 rings (SSSR count). The van der Waals surface area contributed by atoms with Crippen LogP contribution in [0.1, 0.15) is 38.5 Å². The maximum absolute atomic E-state index is 11.3. The van der Waals surface area contributed by atoms with E-state index < -0.39 is 21.8 Å². The van der Waals surface area contributed by atoms with Crippen molar-refractivity contribution < 1.29 is 22.5 Å². The number of hydrogen-bond acceptors (Lipinski definition) is 4. The Bertz CT molecular complexity index is 389. The Balaban J connectivity index is 1.82. The Labute approximate surface area is 101 Å². The highest BCUT2D eigenvalue weighted by Gasteiger charge is 2.35. The number of hydrogen-bond donors (Lipinski definition) is 1. The maximum atomic E-state index is 11.3. The molecule has 98 valence electrons. The molecule has 2 aliphatic rings. The zero-order chi connectivity index (χ0) is 12.5. The van der Waals surface area contributed by atoms with E-state index in [1.165, 1.54) is 19.3 Å². The van der Waals surface area contributed by atoms with Crippen molar-refractivity contribution in [1.82, 2.24) is 0 Å². The van der Waals surface area contributed by atoms with Crippen LogP contribution >= 0.6 is 0 Å². The minimum absolute atomic E-state index is 0.163. The molecule has 0 amide bonds. The van der Waals surface area contributed by atoms with Gasteiger partial charge in [0.15, 0.2) is 5.75 Å². The summed E-state index contributed by atoms with van der Waals surface area (Å²) < 4.78 is 34.7. The number of carbonyl (C=O) groups is 1. The van der Waals surface area contributed by atoms with Gasteiger partial charge in [0.05, 0.1) is 0 Å². The van der Waals surface area contributed by atoms with Crippen LogP contribution in [0.2, 0.25) is 0 Å². The monoisotopic (exact) mass is 262 g/mol. The van der Waals surface area contributed by atoms with Crippen molar-refractivity contribution in [3.05, 3.63) is 0 Å². The molecule has 0 saturated heterocycles. The highest BCUT2D eigenvalue weighted by Crippen LogP contribution is 2.42. The summed E-state index contributed by atoms with van der Waals surface area (Å²) in [6.45, 7) is 0. The lowest BCUT2D eigenvalue weighted by Gasteiger charge is -2.31. The number of rotatable bonds is 3. The van der Waals surface area contributed by atoms with Gasteiger partial charge < -0.3 is 4.74 Å². The van der Waals surface area contributed by atoms with Gasteiger partial charge in [-0.1, -0.05) is 19.3 Å². The van der Waals surface area contributed by atoms with E-state index in [-0.39, 0.29) is 6.10 Å². The fraction of sp³-hybridized carbons (Fsp3) is 0.909. The van der Waals surface area contributed by atoms with Gasteiger partial charge in [-0.05, 0) is 31.1 Å². The van der Waals surface area contributed by atoms with Crippen LogP contribution in [-0.2, 0) is 19.6 Å². The zero-order valence-electron chi connectivity index (χ0n) is 9.67. The van der Waals surface area contributed by atoms with Crippen molar-refractivity contribution in [2.45, 2.75) is 44.6 Å². The summed E-state index contributed by atoms with van der Waals surface area (Å²) in [5.41, 5.74) is 0. The third kappa shape index (κ3) is 3.67. The average Bonchev–Trinajstić information content (AvgIpc) is 2.61. The second-order valence-electron chi connectivity index (χ2n) is 5.10. The van der Waals surface area contributed by atoms with Gasteiger partial charge >= 0.3 is 5.97 Å². The molecule has 5 nitrogen and oxygen atoms in total. The van der Waals surface area contributed by atoms with Crippen LogP contribution in [0.25, 0.3) is 0 Å². The molecule has 0 aromatic heterocycles. The predicted molar refractivity (Wildman–Crippen MR) is 61.0 cm³/mol. The standard InChI is InChI=1S/C11H18O5S/c12-11(7-17(13,14)15)16-10-5-4-8-2-1-3-9(8)6-10/h8-10H,1-7H2,(H,13,14,15). The molecule has 1 N–H and O–H groups in total. The first-order chi connectivity index (χ1) is 7.94. The second-order valence-corrected chi connectivity index (χ2v) is 6.55. The lowest BCUT2D eigenvalue weighted by molar-refractivity contribution is -0.148. The van der Waals surface area contributed by atoms with E-state index in [1.54, 1.807) is 0 Å². The molecule has 0 aromatic rings. The number of ether oxygens (including phenoxy) is 1. The molecule has 17 heavy (non-hydrogen) atoms. The molecule has 6 heteroatoms. The average molecular weight is 262 g/mol. The van der Waals surface area contributed by atoms with Crippen molar-refractivity contribution in [3.8, 4) is 0 Å². The smallest absolute Gasteiger partial charge is 0.323 e. The molecular formula is C11H18O5S. The first kappa shape index (κ1) is 12.8. The Morgan fingerprint density at radius 3 is 2.59 bits per heavy atom. The van der Waals surface area contributed by atoms with Crippen LogP contribution in [-0.4, -0.2) is 30.8 Å². The van der Waals surface area contributed by atoms with Crippen molar-refractivity contribution in [2.75, 3.05) is 5.75 Å². The molecule has 0 aromatic carbocycles. The lowest BCUT2D eigenvalue weighted by Crippen LogP contribution is -2.30. The van der Waals surface area contributed by atoms with E-state index in [2.05, 4.69) is 0 Å². The minimum Gasteiger partial charge on any atom is -0.462 e. The lowest BCUT2D eigenvalue weighted by atomic mass is 9.80. The predicted octanol–water partition coefficient (Wildman–Crippen LogP) is 1.39. The quantitative estimate of drug-likeness (QED) is 0.614. The Kier molecular flexibility index (Phi) is 3.73. The summed E-state index contributed by atoms with van der Waals surface area (Å²) in [6.07, 6.45) is 6.28. The van der Waals surface area contributed by atoms with Crippen LogP contribution in [0.3, 0.4) is 0 Å². The SMILES string of the molecule is O=C(CS(=O)(=O)O)OC1CCC2CCCC2C1. The van der Waals surface area contributed by atoms with Gasteiger partial charge in [0, 0.05) is 0 Å². The van der Waals surface area contributed by atoms with Crippen LogP contribution in [0, 0.1) is 11.8 Å². The largest absolute Gasteiger partial charge is 0.462 e. The van der Waals surface area contributed by atoms with Gasteiger partial charge in [0.2, 0.25) is 0 Å². The summed E-state index contributed by atoms with van der Waals surface area (Å²) in [6, 6.07) is 0. The van der Waals surface area contributed by atoms with Gasteiger partial charge in [-0.3, -0.25) is 9.35 Å². The molecule has 0 bridgehead atoms. The molecule has 2 saturated carbocycles.